The van der Waals surface area contributed by atoms with Gasteiger partial charge in [-0.25, -0.2) is 0 Å². The van der Waals surface area contributed by atoms with Gasteiger partial charge in [-0.2, -0.15) is 0 Å². The lowest BCUT2D eigenvalue weighted by Gasteiger charge is -2.38. The van der Waals surface area contributed by atoms with Gasteiger partial charge in [0.1, 0.15) is 0 Å². The van der Waals surface area contributed by atoms with Gasteiger partial charge < -0.3 is 10.6 Å². The van der Waals surface area contributed by atoms with E-state index < -0.39 is 0 Å². The fourth-order valence-electron chi connectivity index (χ4n) is 2.37. The molecule has 1 amide bonds. The van der Waals surface area contributed by atoms with Crippen LogP contribution >= 0.6 is 0 Å². The zero-order valence-corrected chi connectivity index (χ0v) is 9.32. The highest BCUT2D eigenvalue weighted by atomic mass is 16.2. The van der Waals surface area contributed by atoms with E-state index in [-0.39, 0.29) is 0 Å². The van der Waals surface area contributed by atoms with Crippen molar-refractivity contribution in [1.29, 1.82) is 0 Å². The average Bonchev–Trinajstić information content (AvgIpc) is 2.15. The first-order chi connectivity index (χ1) is 7.31. The van der Waals surface area contributed by atoms with Gasteiger partial charge in [0.25, 0.3) is 0 Å². The monoisotopic (exact) mass is 211 g/mol. The number of carbonyl (C=O) groups excluding carboxylic acids is 1. The summed E-state index contributed by atoms with van der Waals surface area (Å²) in [5, 5.41) is 0. The quantitative estimate of drug-likeness (QED) is 0.716. The molecule has 0 saturated carbocycles. The molecule has 2 rings (SSSR count). The zero-order chi connectivity index (χ0) is 10.7. The molecule has 15 heavy (non-hydrogen) atoms. The molecule has 2 N–H and O–H groups in total. The molecule has 0 spiro atoms. The van der Waals surface area contributed by atoms with E-state index >= 15 is 0 Å². The van der Waals surface area contributed by atoms with Crippen LogP contribution in [0.3, 0.4) is 0 Å². The van der Waals surface area contributed by atoms with Crippen LogP contribution in [-0.2, 0) is 4.79 Å². The van der Waals surface area contributed by atoms with Crippen molar-refractivity contribution < 1.29 is 4.79 Å². The van der Waals surface area contributed by atoms with Crippen LogP contribution in [0.4, 0.5) is 0 Å². The lowest BCUT2D eigenvalue weighted by Crippen LogP contribution is -2.52. The number of carbonyl (C=O) groups is 1. The molecule has 4 nitrogen and oxygen atoms in total. The van der Waals surface area contributed by atoms with Gasteiger partial charge in [-0.3, -0.25) is 9.69 Å². The fraction of sp³-hybridized carbons (Fsp3) is 0.909. The topological polar surface area (TPSA) is 49.6 Å². The van der Waals surface area contributed by atoms with Gasteiger partial charge in [-0.1, -0.05) is 6.42 Å². The van der Waals surface area contributed by atoms with Crippen molar-refractivity contribution in [3.63, 3.8) is 0 Å². The second-order valence-electron chi connectivity index (χ2n) is 4.59. The van der Waals surface area contributed by atoms with E-state index in [0.29, 0.717) is 25.0 Å². The van der Waals surface area contributed by atoms with Crippen LogP contribution in [0, 0.1) is 0 Å². The Balaban J connectivity index is 1.82. The lowest BCUT2D eigenvalue weighted by molar-refractivity contribution is -0.136. The molecule has 86 valence electrons. The van der Waals surface area contributed by atoms with Crippen molar-refractivity contribution in [1.82, 2.24) is 9.80 Å². The summed E-state index contributed by atoms with van der Waals surface area (Å²) in [6.45, 7) is 4.23. The molecule has 0 aliphatic carbocycles. The van der Waals surface area contributed by atoms with Crippen LogP contribution in [0.25, 0.3) is 0 Å². The highest BCUT2D eigenvalue weighted by Gasteiger charge is 2.27. The number of piperidine rings is 1. The Kier molecular flexibility index (Phi) is 3.59. The van der Waals surface area contributed by atoms with E-state index in [4.69, 9.17) is 5.73 Å². The molecule has 2 aliphatic rings. The molecule has 2 saturated heterocycles. The van der Waals surface area contributed by atoms with Crippen LogP contribution in [0.15, 0.2) is 0 Å². The Labute approximate surface area is 91.4 Å². The minimum atomic E-state index is 0.293. The highest BCUT2D eigenvalue weighted by molar-refractivity contribution is 5.79. The van der Waals surface area contributed by atoms with Crippen molar-refractivity contribution in [2.45, 2.75) is 31.7 Å². The normalized spacial score (nSPS) is 27.5. The predicted octanol–water partition coefficient (Wildman–Crippen LogP) is 0.0319. The van der Waals surface area contributed by atoms with Crippen molar-refractivity contribution >= 4 is 5.91 Å². The first-order valence-electron chi connectivity index (χ1n) is 6.03. The van der Waals surface area contributed by atoms with Crippen LogP contribution < -0.4 is 5.73 Å². The maximum Gasteiger partial charge on any atom is 0.236 e. The Morgan fingerprint density at radius 1 is 1.20 bits per heavy atom. The van der Waals surface area contributed by atoms with Crippen LogP contribution in [-0.4, -0.2) is 54.5 Å². The van der Waals surface area contributed by atoms with E-state index in [9.17, 15) is 4.79 Å². The van der Waals surface area contributed by atoms with Gasteiger partial charge >= 0.3 is 0 Å². The number of rotatable bonds is 3. The van der Waals surface area contributed by atoms with E-state index in [1.807, 2.05) is 4.90 Å². The minimum Gasteiger partial charge on any atom is -0.341 e. The van der Waals surface area contributed by atoms with E-state index in [0.717, 1.165) is 26.1 Å². The Morgan fingerprint density at radius 2 is 2.00 bits per heavy atom. The van der Waals surface area contributed by atoms with Gasteiger partial charge in [0.2, 0.25) is 5.91 Å². The lowest BCUT2D eigenvalue weighted by atomic mass is 10.0. The first kappa shape index (κ1) is 10.9. The van der Waals surface area contributed by atoms with Crippen molar-refractivity contribution in [2.75, 3.05) is 32.7 Å². The highest BCUT2D eigenvalue weighted by Crippen LogP contribution is 2.16. The molecule has 0 bridgehead atoms. The summed E-state index contributed by atoms with van der Waals surface area (Å²) in [7, 11) is 0. The SMILES string of the molecule is NCC1CCCCN1CC(=O)N1CCC1. The van der Waals surface area contributed by atoms with Crippen molar-refractivity contribution in [3.05, 3.63) is 0 Å². The fourth-order valence-corrected chi connectivity index (χ4v) is 2.37. The van der Waals surface area contributed by atoms with E-state index in [2.05, 4.69) is 4.90 Å². The van der Waals surface area contributed by atoms with Crippen LogP contribution in [0.1, 0.15) is 25.7 Å². The molecule has 0 radical (unpaired) electrons. The molecule has 0 aromatic carbocycles. The van der Waals surface area contributed by atoms with Crippen molar-refractivity contribution in [3.8, 4) is 0 Å². The Hall–Kier alpha value is -0.610. The predicted molar refractivity (Wildman–Crippen MR) is 59.5 cm³/mol. The second kappa shape index (κ2) is 4.94. The molecule has 1 unspecified atom stereocenters. The first-order valence-corrected chi connectivity index (χ1v) is 6.03. The number of nitrogens with zero attached hydrogens (tertiary/aromatic N) is 2. The largest absolute Gasteiger partial charge is 0.341 e. The van der Waals surface area contributed by atoms with Crippen LogP contribution in [0.5, 0.6) is 0 Å². The van der Waals surface area contributed by atoms with Gasteiger partial charge in [-0.05, 0) is 25.8 Å². The summed E-state index contributed by atoms with van der Waals surface area (Å²) in [6, 6.07) is 0.434. The third kappa shape index (κ3) is 2.49. The van der Waals surface area contributed by atoms with Gasteiger partial charge in [0.05, 0.1) is 6.54 Å². The third-order valence-corrected chi connectivity index (χ3v) is 3.57. The smallest absolute Gasteiger partial charge is 0.236 e. The maximum atomic E-state index is 11.8. The zero-order valence-electron chi connectivity index (χ0n) is 9.32. The summed E-state index contributed by atoms with van der Waals surface area (Å²) in [5.74, 6) is 0.293. The van der Waals surface area contributed by atoms with E-state index in [1.165, 1.54) is 19.3 Å². The average molecular weight is 211 g/mol. The summed E-state index contributed by atoms with van der Waals surface area (Å²) in [6.07, 6.45) is 4.80. The van der Waals surface area contributed by atoms with Crippen LogP contribution in [0.2, 0.25) is 0 Å². The van der Waals surface area contributed by atoms with Gasteiger partial charge in [0, 0.05) is 25.7 Å². The molecule has 1 atom stereocenters. The number of hydrogen-bond donors (Lipinski definition) is 1. The molecule has 2 aliphatic heterocycles. The molecule has 4 heteroatoms. The molecule has 2 heterocycles. The molecular weight excluding hydrogens is 190 g/mol. The third-order valence-electron chi connectivity index (χ3n) is 3.57. The molecular formula is C11H21N3O. The van der Waals surface area contributed by atoms with Crippen molar-refractivity contribution in [2.24, 2.45) is 5.73 Å². The molecule has 2 fully saturated rings. The number of nitrogens with two attached hydrogens (primary N) is 1. The molecule has 0 aromatic heterocycles. The second-order valence-corrected chi connectivity index (χ2v) is 4.59. The Bertz CT molecular complexity index is 228. The van der Waals surface area contributed by atoms with Gasteiger partial charge in [0.15, 0.2) is 0 Å². The summed E-state index contributed by atoms with van der Waals surface area (Å²) >= 11 is 0. The maximum absolute atomic E-state index is 11.8. The summed E-state index contributed by atoms with van der Waals surface area (Å²) in [4.78, 5) is 16.0. The summed E-state index contributed by atoms with van der Waals surface area (Å²) in [5.41, 5.74) is 5.73. The number of likely N-dealkylation sites (tertiary alicyclic amines) is 2. The summed E-state index contributed by atoms with van der Waals surface area (Å²) < 4.78 is 0. The number of amides is 1. The minimum absolute atomic E-state index is 0.293. The number of hydrogen-bond acceptors (Lipinski definition) is 3. The van der Waals surface area contributed by atoms with Gasteiger partial charge in [-0.15, -0.1) is 0 Å². The Morgan fingerprint density at radius 3 is 2.60 bits per heavy atom. The molecule has 0 aromatic rings. The van der Waals surface area contributed by atoms with E-state index in [1.54, 1.807) is 0 Å². The standard InChI is InChI=1S/C11H21N3O/c12-8-10-4-1-2-5-14(10)9-11(15)13-6-3-7-13/h10H,1-9,12H2.